The number of unbranched alkanes of at least 4 members (excludes halogenated alkanes) is 1. The number of hydrogen-bond donors (Lipinski definition) is 1. The number of ether oxygens (including phenoxy) is 1. The second-order valence-corrected chi connectivity index (χ2v) is 5.94. The molecule has 0 aliphatic rings. The van der Waals surface area contributed by atoms with Crippen LogP contribution in [0.15, 0.2) is 53.3 Å². The Morgan fingerprint density at radius 1 is 1.29 bits per heavy atom. The van der Waals surface area contributed by atoms with E-state index in [1.54, 1.807) is 42.7 Å². The predicted molar refractivity (Wildman–Crippen MR) is 101 cm³/mol. The van der Waals surface area contributed by atoms with E-state index >= 15 is 0 Å². The van der Waals surface area contributed by atoms with Crippen molar-refractivity contribution >= 4 is 11.6 Å². The molecule has 3 rings (SSSR count). The third-order valence-corrected chi connectivity index (χ3v) is 3.77. The SMILES string of the molecule is N#CCCCOc1cccc(NC(=O)CCc2nc(-c3cccnc3)no2)c1. The number of rotatable bonds is 9. The van der Waals surface area contributed by atoms with Crippen LogP contribution < -0.4 is 10.1 Å². The zero-order chi connectivity index (χ0) is 19.6. The molecule has 1 N–H and O–H groups in total. The first-order valence-corrected chi connectivity index (χ1v) is 8.87. The molecule has 1 aromatic carbocycles. The average Bonchev–Trinajstić information content (AvgIpc) is 3.20. The Labute approximate surface area is 162 Å². The molecular formula is C20H19N5O3. The van der Waals surface area contributed by atoms with Crippen molar-refractivity contribution in [2.75, 3.05) is 11.9 Å². The van der Waals surface area contributed by atoms with Crippen molar-refractivity contribution in [2.24, 2.45) is 0 Å². The van der Waals surface area contributed by atoms with Crippen LogP contribution in [-0.4, -0.2) is 27.6 Å². The zero-order valence-electron chi connectivity index (χ0n) is 15.2. The number of amides is 1. The fourth-order valence-corrected chi connectivity index (χ4v) is 2.42. The lowest BCUT2D eigenvalue weighted by Gasteiger charge is -2.08. The first-order chi connectivity index (χ1) is 13.7. The number of nitriles is 1. The second-order valence-electron chi connectivity index (χ2n) is 5.94. The van der Waals surface area contributed by atoms with Gasteiger partial charge in [-0.05, 0) is 30.7 Å². The molecule has 3 aromatic rings. The Bertz CT molecular complexity index is 950. The van der Waals surface area contributed by atoms with Gasteiger partial charge < -0.3 is 14.6 Å². The Kier molecular flexibility index (Phi) is 6.68. The van der Waals surface area contributed by atoms with Crippen molar-refractivity contribution in [1.82, 2.24) is 15.1 Å². The predicted octanol–water partition coefficient (Wildman–Crippen LogP) is 3.39. The van der Waals surface area contributed by atoms with E-state index in [2.05, 4.69) is 26.5 Å². The molecule has 142 valence electrons. The summed E-state index contributed by atoms with van der Waals surface area (Å²) in [5.74, 6) is 1.32. The standard InChI is InChI=1S/C20H19N5O3/c21-10-1-2-12-27-17-7-3-6-16(13-17)23-18(26)8-9-19-24-20(25-28-19)15-5-4-11-22-14-15/h3-7,11,13-14H,1-2,8-9,12H2,(H,23,26). The number of pyridine rings is 1. The Morgan fingerprint density at radius 3 is 3.04 bits per heavy atom. The topological polar surface area (TPSA) is 114 Å². The van der Waals surface area contributed by atoms with Gasteiger partial charge in [0.25, 0.3) is 0 Å². The summed E-state index contributed by atoms with van der Waals surface area (Å²) in [6.45, 7) is 0.460. The minimum absolute atomic E-state index is 0.164. The third-order valence-electron chi connectivity index (χ3n) is 3.77. The van der Waals surface area contributed by atoms with Crippen molar-refractivity contribution in [3.63, 3.8) is 0 Å². The van der Waals surface area contributed by atoms with E-state index < -0.39 is 0 Å². The number of carbonyl (C=O) groups excluding carboxylic acids is 1. The molecule has 8 nitrogen and oxygen atoms in total. The molecule has 1 amide bonds. The van der Waals surface area contributed by atoms with Crippen molar-refractivity contribution in [3.05, 3.63) is 54.7 Å². The summed E-state index contributed by atoms with van der Waals surface area (Å²) in [7, 11) is 0. The van der Waals surface area contributed by atoms with E-state index in [0.29, 0.717) is 49.0 Å². The summed E-state index contributed by atoms with van der Waals surface area (Å²) < 4.78 is 10.8. The lowest BCUT2D eigenvalue weighted by atomic mass is 10.2. The minimum atomic E-state index is -0.164. The van der Waals surface area contributed by atoms with Gasteiger partial charge in [-0.1, -0.05) is 11.2 Å². The van der Waals surface area contributed by atoms with Crippen LogP contribution in [0.1, 0.15) is 25.2 Å². The molecule has 2 aromatic heterocycles. The van der Waals surface area contributed by atoms with E-state index in [0.717, 1.165) is 5.56 Å². The smallest absolute Gasteiger partial charge is 0.227 e. The van der Waals surface area contributed by atoms with E-state index in [4.69, 9.17) is 14.5 Å². The first kappa shape index (κ1) is 19.0. The highest BCUT2D eigenvalue weighted by Crippen LogP contribution is 2.18. The van der Waals surface area contributed by atoms with Crippen LogP contribution >= 0.6 is 0 Å². The lowest BCUT2D eigenvalue weighted by Crippen LogP contribution is -2.12. The number of nitrogens with zero attached hydrogens (tertiary/aromatic N) is 4. The third kappa shape index (κ3) is 5.64. The van der Waals surface area contributed by atoms with E-state index in [1.165, 1.54) is 0 Å². The van der Waals surface area contributed by atoms with Crippen molar-refractivity contribution in [3.8, 4) is 23.2 Å². The highest BCUT2D eigenvalue weighted by molar-refractivity contribution is 5.90. The fourth-order valence-electron chi connectivity index (χ4n) is 2.42. The van der Waals surface area contributed by atoms with Gasteiger partial charge in [0.2, 0.25) is 17.6 Å². The molecule has 0 bridgehead atoms. The summed E-state index contributed by atoms with van der Waals surface area (Å²) in [6, 6.07) is 12.8. The second kappa shape index (κ2) is 9.83. The molecule has 0 atom stereocenters. The summed E-state index contributed by atoms with van der Waals surface area (Å²) in [5, 5.41) is 15.3. The number of hydrogen-bond acceptors (Lipinski definition) is 7. The van der Waals surface area contributed by atoms with Crippen molar-refractivity contribution in [2.45, 2.75) is 25.7 Å². The van der Waals surface area contributed by atoms with Crippen molar-refractivity contribution < 1.29 is 14.1 Å². The normalized spacial score (nSPS) is 10.2. The molecule has 0 radical (unpaired) electrons. The largest absolute Gasteiger partial charge is 0.493 e. The maximum Gasteiger partial charge on any atom is 0.227 e. The van der Waals surface area contributed by atoms with Crippen LogP contribution in [0.3, 0.4) is 0 Å². The van der Waals surface area contributed by atoms with Gasteiger partial charge in [-0.3, -0.25) is 9.78 Å². The molecule has 0 saturated heterocycles. The van der Waals surface area contributed by atoms with Crippen LogP contribution in [-0.2, 0) is 11.2 Å². The lowest BCUT2D eigenvalue weighted by molar-refractivity contribution is -0.116. The highest BCUT2D eigenvalue weighted by atomic mass is 16.5. The Balaban J connectivity index is 1.48. The van der Waals surface area contributed by atoms with Gasteiger partial charge in [0.05, 0.1) is 12.7 Å². The highest BCUT2D eigenvalue weighted by Gasteiger charge is 2.11. The number of aromatic nitrogens is 3. The van der Waals surface area contributed by atoms with Crippen LogP contribution in [0.2, 0.25) is 0 Å². The summed E-state index contributed by atoms with van der Waals surface area (Å²) in [4.78, 5) is 20.5. The Hall–Kier alpha value is -3.73. The van der Waals surface area contributed by atoms with Crippen LogP contribution in [0.4, 0.5) is 5.69 Å². The fraction of sp³-hybridized carbons (Fsp3) is 0.250. The maximum atomic E-state index is 12.2. The minimum Gasteiger partial charge on any atom is -0.493 e. The first-order valence-electron chi connectivity index (χ1n) is 8.87. The molecule has 0 unspecified atom stereocenters. The van der Waals surface area contributed by atoms with Crippen LogP contribution in [0.25, 0.3) is 11.4 Å². The molecule has 0 saturated carbocycles. The average molecular weight is 377 g/mol. The Morgan fingerprint density at radius 2 is 2.21 bits per heavy atom. The molecular weight excluding hydrogens is 358 g/mol. The van der Waals surface area contributed by atoms with E-state index in [1.807, 2.05) is 6.07 Å². The number of aryl methyl sites for hydroxylation is 1. The molecule has 0 fully saturated rings. The van der Waals surface area contributed by atoms with Gasteiger partial charge >= 0.3 is 0 Å². The van der Waals surface area contributed by atoms with E-state index in [-0.39, 0.29) is 12.3 Å². The van der Waals surface area contributed by atoms with Gasteiger partial charge in [-0.15, -0.1) is 0 Å². The number of benzene rings is 1. The van der Waals surface area contributed by atoms with Crippen molar-refractivity contribution in [1.29, 1.82) is 5.26 Å². The molecule has 2 heterocycles. The monoisotopic (exact) mass is 377 g/mol. The molecule has 0 aliphatic heterocycles. The van der Waals surface area contributed by atoms with Crippen LogP contribution in [0, 0.1) is 11.3 Å². The summed E-state index contributed by atoms with van der Waals surface area (Å²) in [6.07, 6.45) is 4.98. The molecule has 0 spiro atoms. The quantitative estimate of drug-likeness (QED) is 0.568. The zero-order valence-corrected chi connectivity index (χ0v) is 15.2. The van der Waals surface area contributed by atoms with E-state index in [9.17, 15) is 4.79 Å². The van der Waals surface area contributed by atoms with Gasteiger partial charge in [-0.25, -0.2) is 0 Å². The van der Waals surface area contributed by atoms with Gasteiger partial charge in [-0.2, -0.15) is 10.2 Å². The van der Waals surface area contributed by atoms with Crippen LogP contribution in [0.5, 0.6) is 5.75 Å². The van der Waals surface area contributed by atoms with Gasteiger partial charge in [0.15, 0.2) is 0 Å². The summed E-state index contributed by atoms with van der Waals surface area (Å²) >= 11 is 0. The maximum absolute atomic E-state index is 12.2. The number of anilines is 1. The number of nitrogens with one attached hydrogen (secondary N) is 1. The van der Waals surface area contributed by atoms with Gasteiger partial charge in [0.1, 0.15) is 5.75 Å². The molecule has 0 aliphatic carbocycles. The number of carbonyl (C=O) groups is 1. The summed E-state index contributed by atoms with van der Waals surface area (Å²) in [5.41, 5.74) is 1.40. The van der Waals surface area contributed by atoms with Gasteiger partial charge in [0, 0.05) is 49.0 Å². The molecule has 8 heteroatoms. The molecule has 28 heavy (non-hydrogen) atoms.